The molecule has 0 heterocycles. The standard InChI is InChI=1S/C15H20F6O3/c1-4-11(22)24-13(3,15(19,20)21)10-7-5-9(6-8-10)12(2,23)14(16,17)18/h4,9-10,23H,1,5-8H2,2-3H3. The zero-order chi connectivity index (χ0) is 19.0. The van der Waals surface area contributed by atoms with E-state index in [4.69, 9.17) is 0 Å². The Kier molecular flexibility index (Phi) is 5.69. The van der Waals surface area contributed by atoms with Gasteiger partial charge in [0.2, 0.25) is 5.60 Å². The van der Waals surface area contributed by atoms with E-state index in [0.29, 0.717) is 19.9 Å². The van der Waals surface area contributed by atoms with Gasteiger partial charge in [0, 0.05) is 12.0 Å². The summed E-state index contributed by atoms with van der Waals surface area (Å²) in [5.41, 5.74) is -5.78. The van der Waals surface area contributed by atoms with Crippen LogP contribution in [0.2, 0.25) is 0 Å². The van der Waals surface area contributed by atoms with Crippen molar-refractivity contribution >= 4 is 5.97 Å². The summed E-state index contributed by atoms with van der Waals surface area (Å²) >= 11 is 0. The van der Waals surface area contributed by atoms with Gasteiger partial charge in [-0.25, -0.2) is 4.79 Å². The molecule has 1 aliphatic rings. The van der Waals surface area contributed by atoms with Gasteiger partial charge in [-0.05, 0) is 45.4 Å². The number of hydrogen-bond donors (Lipinski definition) is 1. The molecule has 9 heteroatoms. The molecule has 2 atom stereocenters. The predicted molar refractivity (Wildman–Crippen MR) is 72.9 cm³/mol. The minimum atomic E-state index is -4.88. The first kappa shape index (κ1) is 20.8. The van der Waals surface area contributed by atoms with Gasteiger partial charge in [-0.1, -0.05) is 6.58 Å². The van der Waals surface area contributed by atoms with Crippen LogP contribution in [0.1, 0.15) is 39.5 Å². The van der Waals surface area contributed by atoms with E-state index >= 15 is 0 Å². The second-order valence-corrected chi connectivity index (χ2v) is 6.42. The van der Waals surface area contributed by atoms with Gasteiger partial charge in [-0.2, -0.15) is 26.3 Å². The molecule has 0 aromatic rings. The summed E-state index contributed by atoms with van der Waals surface area (Å²) in [6, 6.07) is 0. The number of aliphatic hydroxyl groups is 1. The Hall–Kier alpha value is -1.25. The highest BCUT2D eigenvalue weighted by atomic mass is 19.4. The zero-order valence-corrected chi connectivity index (χ0v) is 13.3. The Morgan fingerprint density at radius 3 is 1.75 bits per heavy atom. The quantitative estimate of drug-likeness (QED) is 0.464. The van der Waals surface area contributed by atoms with Crippen LogP contribution in [0.3, 0.4) is 0 Å². The topological polar surface area (TPSA) is 46.5 Å². The molecule has 24 heavy (non-hydrogen) atoms. The highest BCUT2D eigenvalue weighted by molar-refractivity contribution is 5.81. The van der Waals surface area contributed by atoms with E-state index in [1.165, 1.54) is 0 Å². The van der Waals surface area contributed by atoms with Gasteiger partial charge in [-0.15, -0.1) is 0 Å². The summed E-state index contributed by atoms with van der Waals surface area (Å²) in [7, 11) is 0. The molecule has 1 fully saturated rings. The normalized spacial score (nSPS) is 27.7. The zero-order valence-electron chi connectivity index (χ0n) is 13.3. The van der Waals surface area contributed by atoms with Gasteiger partial charge in [0.05, 0.1) is 0 Å². The molecule has 1 aliphatic carbocycles. The molecule has 140 valence electrons. The average molecular weight is 362 g/mol. The van der Waals surface area contributed by atoms with Crippen molar-refractivity contribution in [3.8, 4) is 0 Å². The van der Waals surface area contributed by atoms with Crippen molar-refractivity contribution < 1.29 is 41.0 Å². The molecule has 0 aromatic carbocycles. The highest BCUT2D eigenvalue weighted by Crippen LogP contribution is 2.50. The van der Waals surface area contributed by atoms with Crippen molar-refractivity contribution in [1.29, 1.82) is 0 Å². The van der Waals surface area contributed by atoms with Gasteiger partial charge in [0.15, 0.2) is 5.60 Å². The molecule has 1 N–H and O–H groups in total. The maximum atomic E-state index is 13.4. The molecular formula is C15H20F6O3. The second kappa shape index (κ2) is 6.57. The van der Waals surface area contributed by atoms with Gasteiger partial charge in [-0.3, -0.25) is 0 Å². The lowest BCUT2D eigenvalue weighted by Gasteiger charge is -2.44. The number of halogens is 6. The smallest absolute Gasteiger partial charge is 0.428 e. The van der Waals surface area contributed by atoms with Crippen LogP contribution in [0, 0.1) is 11.8 Å². The summed E-state index contributed by atoms with van der Waals surface area (Å²) in [5, 5.41) is 9.66. The van der Waals surface area contributed by atoms with Crippen LogP contribution in [-0.4, -0.2) is 34.6 Å². The van der Waals surface area contributed by atoms with Crippen molar-refractivity contribution in [1.82, 2.24) is 0 Å². The lowest BCUT2D eigenvalue weighted by Crippen LogP contribution is -2.55. The van der Waals surface area contributed by atoms with E-state index in [-0.39, 0.29) is 25.7 Å². The third-order valence-corrected chi connectivity index (χ3v) is 4.92. The monoisotopic (exact) mass is 362 g/mol. The Balaban J connectivity index is 2.94. The van der Waals surface area contributed by atoms with Crippen LogP contribution in [0.15, 0.2) is 12.7 Å². The van der Waals surface area contributed by atoms with Gasteiger partial charge in [0.1, 0.15) is 0 Å². The van der Waals surface area contributed by atoms with Crippen LogP contribution in [0.25, 0.3) is 0 Å². The predicted octanol–water partition coefficient (Wildman–Crippen LogP) is 4.16. The Labute approximate surface area is 135 Å². The molecule has 0 amide bonds. The maximum Gasteiger partial charge on any atom is 0.428 e. The van der Waals surface area contributed by atoms with E-state index in [0.717, 1.165) is 0 Å². The number of ether oxygens (including phenoxy) is 1. The molecular weight excluding hydrogens is 342 g/mol. The van der Waals surface area contributed by atoms with Crippen LogP contribution in [0.5, 0.6) is 0 Å². The highest BCUT2D eigenvalue weighted by Gasteiger charge is 2.61. The van der Waals surface area contributed by atoms with Crippen molar-refractivity contribution in [2.24, 2.45) is 11.8 Å². The van der Waals surface area contributed by atoms with Crippen LogP contribution in [0.4, 0.5) is 26.3 Å². The molecule has 3 nitrogen and oxygen atoms in total. The van der Waals surface area contributed by atoms with Gasteiger partial charge >= 0.3 is 18.3 Å². The summed E-state index contributed by atoms with van der Waals surface area (Å²) in [6.07, 6.45) is -10.2. The molecule has 0 aliphatic heterocycles. The Morgan fingerprint density at radius 2 is 1.42 bits per heavy atom. The van der Waals surface area contributed by atoms with Crippen molar-refractivity contribution in [3.05, 3.63) is 12.7 Å². The first-order valence-electron chi connectivity index (χ1n) is 7.38. The van der Waals surface area contributed by atoms with Gasteiger partial charge in [0.25, 0.3) is 0 Å². The van der Waals surface area contributed by atoms with Crippen LogP contribution >= 0.6 is 0 Å². The number of alkyl halides is 6. The molecule has 1 rings (SSSR count). The number of hydrogen-bond acceptors (Lipinski definition) is 3. The minimum Gasteiger partial charge on any atom is -0.446 e. The Morgan fingerprint density at radius 1 is 1.00 bits per heavy atom. The first-order chi connectivity index (χ1) is 10.7. The molecule has 0 spiro atoms. The SMILES string of the molecule is C=CC(=O)OC(C)(C1CCC(C(C)(O)C(F)(F)F)CC1)C(F)(F)F. The molecule has 0 saturated heterocycles. The summed E-state index contributed by atoms with van der Waals surface area (Å²) in [6.45, 7) is 4.38. The number of carbonyl (C=O) groups excluding carboxylic acids is 1. The summed E-state index contributed by atoms with van der Waals surface area (Å²) in [5.74, 6) is -3.65. The fourth-order valence-electron chi connectivity index (χ4n) is 3.06. The molecule has 0 radical (unpaired) electrons. The van der Waals surface area contributed by atoms with Crippen LogP contribution < -0.4 is 0 Å². The maximum absolute atomic E-state index is 13.4. The van der Waals surface area contributed by atoms with Crippen molar-refractivity contribution in [3.63, 3.8) is 0 Å². The largest absolute Gasteiger partial charge is 0.446 e. The molecule has 2 unspecified atom stereocenters. The van der Waals surface area contributed by atoms with E-state index < -0.39 is 41.4 Å². The van der Waals surface area contributed by atoms with E-state index in [1.54, 1.807) is 0 Å². The van der Waals surface area contributed by atoms with E-state index in [2.05, 4.69) is 11.3 Å². The van der Waals surface area contributed by atoms with Crippen molar-refractivity contribution in [2.45, 2.75) is 63.1 Å². The van der Waals surface area contributed by atoms with E-state index in [9.17, 15) is 36.2 Å². The Bertz CT molecular complexity index is 475. The third-order valence-electron chi connectivity index (χ3n) is 4.92. The van der Waals surface area contributed by atoms with Crippen LogP contribution in [-0.2, 0) is 9.53 Å². The molecule has 1 saturated carbocycles. The number of rotatable bonds is 4. The number of carbonyl (C=O) groups is 1. The fourth-order valence-corrected chi connectivity index (χ4v) is 3.06. The molecule has 0 aromatic heterocycles. The van der Waals surface area contributed by atoms with Crippen molar-refractivity contribution in [2.75, 3.05) is 0 Å². The van der Waals surface area contributed by atoms with E-state index in [1.807, 2.05) is 0 Å². The number of esters is 1. The summed E-state index contributed by atoms with van der Waals surface area (Å²) < 4.78 is 83.1. The fraction of sp³-hybridized carbons (Fsp3) is 0.800. The first-order valence-corrected chi connectivity index (χ1v) is 7.38. The van der Waals surface area contributed by atoms with Gasteiger partial charge < -0.3 is 9.84 Å². The lowest BCUT2D eigenvalue weighted by molar-refractivity contribution is -0.292. The second-order valence-electron chi connectivity index (χ2n) is 6.42. The summed E-state index contributed by atoms with van der Waals surface area (Å²) in [4.78, 5) is 11.2. The average Bonchev–Trinajstić information content (AvgIpc) is 2.44. The lowest BCUT2D eigenvalue weighted by atomic mass is 9.69. The molecule has 0 bridgehead atoms. The minimum absolute atomic E-state index is 0.253. The third kappa shape index (κ3) is 3.87.